The van der Waals surface area contributed by atoms with Crippen LogP contribution in [-0.4, -0.2) is 17.1 Å². The maximum atomic E-state index is 9.16. The van der Waals surface area contributed by atoms with Gasteiger partial charge in [0.15, 0.2) is 0 Å². The molecule has 4 nitrogen and oxygen atoms in total. The van der Waals surface area contributed by atoms with Crippen LogP contribution in [-0.2, 0) is 0 Å². The third-order valence-corrected chi connectivity index (χ3v) is 1.93. The van der Waals surface area contributed by atoms with E-state index < -0.39 is 0 Å². The summed E-state index contributed by atoms with van der Waals surface area (Å²) in [6, 6.07) is 4.56. The molecular weight excluding hydrogens is 200 g/mol. The van der Waals surface area contributed by atoms with Crippen LogP contribution in [0.4, 0.5) is 11.5 Å². The van der Waals surface area contributed by atoms with Crippen molar-refractivity contribution in [2.24, 2.45) is 0 Å². The molecule has 0 radical (unpaired) electrons. The quantitative estimate of drug-likeness (QED) is 0.815. The molecule has 4 heteroatoms. The van der Waals surface area contributed by atoms with Crippen LogP contribution in [0.1, 0.15) is 33.3 Å². The Morgan fingerprint density at radius 2 is 1.81 bits per heavy atom. The second kappa shape index (κ2) is 5.36. The minimum Gasteiger partial charge on any atom is -0.382 e. The fourth-order valence-electron chi connectivity index (χ4n) is 1.39. The molecule has 0 aliphatic heterocycles. The van der Waals surface area contributed by atoms with Gasteiger partial charge in [0.25, 0.3) is 0 Å². The molecule has 1 aromatic rings. The van der Waals surface area contributed by atoms with E-state index in [-0.39, 0.29) is 6.04 Å². The molecule has 0 unspecified atom stereocenters. The lowest BCUT2D eigenvalue weighted by Gasteiger charge is -2.15. The molecule has 0 saturated carbocycles. The van der Waals surface area contributed by atoms with Gasteiger partial charge in [-0.3, -0.25) is 0 Å². The Kier molecular flexibility index (Phi) is 4.12. The van der Waals surface area contributed by atoms with Crippen LogP contribution >= 0.6 is 0 Å². The second-order valence-electron chi connectivity index (χ2n) is 4.29. The zero-order chi connectivity index (χ0) is 12.1. The lowest BCUT2D eigenvalue weighted by molar-refractivity contribution is 0.882. The van der Waals surface area contributed by atoms with Crippen molar-refractivity contribution in [2.45, 2.75) is 39.8 Å². The maximum absolute atomic E-state index is 9.16. The van der Waals surface area contributed by atoms with Gasteiger partial charge in [-0.1, -0.05) is 0 Å². The van der Waals surface area contributed by atoms with E-state index in [2.05, 4.69) is 21.7 Å². The largest absolute Gasteiger partial charge is 0.382 e. The molecule has 2 N–H and O–H groups in total. The van der Waals surface area contributed by atoms with Crippen LogP contribution in [0.15, 0.2) is 12.3 Å². The van der Waals surface area contributed by atoms with Crippen molar-refractivity contribution in [3.8, 4) is 6.07 Å². The number of nitrogens with zero attached hydrogens (tertiary/aromatic N) is 2. The summed E-state index contributed by atoms with van der Waals surface area (Å²) in [6.07, 6.45) is 1.70. The van der Waals surface area contributed by atoms with E-state index in [9.17, 15) is 0 Å². The topological polar surface area (TPSA) is 60.7 Å². The minimum atomic E-state index is 0.258. The van der Waals surface area contributed by atoms with Crippen LogP contribution in [0.25, 0.3) is 0 Å². The van der Waals surface area contributed by atoms with Crippen molar-refractivity contribution in [1.82, 2.24) is 4.98 Å². The minimum absolute atomic E-state index is 0.258. The van der Waals surface area contributed by atoms with Gasteiger partial charge in [0, 0.05) is 18.3 Å². The average Bonchev–Trinajstić information content (AvgIpc) is 2.16. The maximum Gasteiger partial charge on any atom is 0.146 e. The number of aromatic nitrogens is 1. The summed E-state index contributed by atoms with van der Waals surface area (Å²) < 4.78 is 0. The predicted octanol–water partition coefficient (Wildman–Crippen LogP) is 2.59. The Bertz CT molecular complexity index is 362. The van der Waals surface area contributed by atoms with Crippen LogP contribution in [0.3, 0.4) is 0 Å². The van der Waals surface area contributed by atoms with Gasteiger partial charge in [-0.05, 0) is 33.8 Å². The summed E-state index contributed by atoms with van der Waals surface area (Å²) >= 11 is 0. The summed E-state index contributed by atoms with van der Waals surface area (Å²) in [4.78, 5) is 4.18. The Balaban J connectivity index is 3.06. The molecule has 0 atom stereocenters. The number of nitriles is 1. The number of anilines is 2. The highest BCUT2D eigenvalue weighted by atomic mass is 15.0. The molecule has 0 amide bonds. The van der Waals surface area contributed by atoms with E-state index in [4.69, 9.17) is 5.26 Å². The number of rotatable bonds is 4. The third kappa shape index (κ3) is 3.13. The van der Waals surface area contributed by atoms with Crippen molar-refractivity contribution < 1.29 is 0 Å². The smallest absolute Gasteiger partial charge is 0.146 e. The predicted molar refractivity (Wildman–Crippen MR) is 66.5 cm³/mol. The highest BCUT2D eigenvalue weighted by molar-refractivity contribution is 5.68. The Morgan fingerprint density at radius 1 is 1.19 bits per heavy atom. The Morgan fingerprint density at radius 3 is 2.31 bits per heavy atom. The summed E-state index contributed by atoms with van der Waals surface area (Å²) in [7, 11) is 0. The van der Waals surface area contributed by atoms with E-state index >= 15 is 0 Å². The summed E-state index contributed by atoms with van der Waals surface area (Å²) in [5, 5.41) is 15.6. The lowest BCUT2D eigenvalue weighted by atomic mass is 10.2. The average molecular weight is 218 g/mol. The van der Waals surface area contributed by atoms with Gasteiger partial charge in [0.05, 0.1) is 5.69 Å². The van der Waals surface area contributed by atoms with Gasteiger partial charge in [0.1, 0.15) is 17.5 Å². The van der Waals surface area contributed by atoms with Gasteiger partial charge in [-0.2, -0.15) is 5.26 Å². The lowest BCUT2D eigenvalue weighted by Crippen LogP contribution is -2.15. The number of hydrogen-bond donors (Lipinski definition) is 2. The number of pyridine rings is 1. The fraction of sp³-hybridized carbons (Fsp3) is 0.500. The van der Waals surface area contributed by atoms with Crippen molar-refractivity contribution in [3.63, 3.8) is 0 Å². The summed E-state index contributed by atoms with van der Waals surface area (Å²) in [6.45, 7) is 8.12. The highest BCUT2D eigenvalue weighted by Gasteiger charge is 2.10. The Labute approximate surface area is 96.7 Å². The molecule has 0 aliphatic carbocycles. The fourth-order valence-corrected chi connectivity index (χ4v) is 1.39. The van der Waals surface area contributed by atoms with Gasteiger partial charge in [0.2, 0.25) is 0 Å². The van der Waals surface area contributed by atoms with E-state index in [0.717, 1.165) is 5.69 Å². The molecule has 1 heterocycles. The molecule has 0 bridgehead atoms. The Hall–Kier alpha value is -1.76. The first-order valence-corrected chi connectivity index (χ1v) is 5.46. The van der Waals surface area contributed by atoms with Crippen LogP contribution in [0, 0.1) is 11.3 Å². The second-order valence-corrected chi connectivity index (χ2v) is 4.29. The van der Waals surface area contributed by atoms with Gasteiger partial charge < -0.3 is 10.6 Å². The zero-order valence-electron chi connectivity index (χ0n) is 10.2. The van der Waals surface area contributed by atoms with Crippen LogP contribution in [0.5, 0.6) is 0 Å². The first-order chi connectivity index (χ1) is 7.54. The summed E-state index contributed by atoms with van der Waals surface area (Å²) in [5.41, 5.74) is 1.40. The van der Waals surface area contributed by atoms with Crippen molar-refractivity contribution in [2.75, 3.05) is 10.6 Å². The molecular formula is C12H18N4. The molecule has 1 rings (SSSR count). The van der Waals surface area contributed by atoms with Crippen molar-refractivity contribution in [3.05, 3.63) is 17.8 Å². The van der Waals surface area contributed by atoms with Gasteiger partial charge in [-0.25, -0.2) is 4.98 Å². The van der Waals surface area contributed by atoms with Gasteiger partial charge >= 0.3 is 0 Å². The van der Waals surface area contributed by atoms with Crippen LogP contribution in [0.2, 0.25) is 0 Å². The number of hydrogen-bond acceptors (Lipinski definition) is 4. The van der Waals surface area contributed by atoms with E-state index in [0.29, 0.717) is 17.4 Å². The third-order valence-electron chi connectivity index (χ3n) is 1.93. The monoisotopic (exact) mass is 218 g/mol. The van der Waals surface area contributed by atoms with E-state index in [1.165, 1.54) is 0 Å². The van der Waals surface area contributed by atoms with Crippen LogP contribution < -0.4 is 10.6 Å². The number of nitrogens with one attached hydrogen (secondary N) is 2. The molecule has 0 aliphatic rings. The molecule has 0 aromatic carbocycles. The first kappa shape index (κ1) is 12.3. The first-order valence-electron chi connectivity index (χ1n) is 5.46. The standard InChI is InChI=1S/C12H18N4/c1-8(2)15-11-5-6-14-12(10(11)7-13)16-9(3)4/h5-6,8-9H,1-4H3,(H2,14,15,16). The van der Waals surface area contributed by atoms with Gasteiger partial charge in [-0.15, -0.1) is 0 Å². The molecule has 16 heavy (non-hydrogen) atoms. The SMILES string of the molecule is CC(C)Nc1ccnc(NC(C)C)c1C#N. The van der Waals surface area contributed by atoms with Crippen molar-refractivity contribution in [1.29, 1.82) is 5.26 Å². The molecule has 1 aromatic heterocycles. The molecule has 0 fully saturated rings. The molecule has 86 valence electrons. The highest BCUT2D eigenvalue weighted by Crippen LogP contribution is 2.22. The molecule has 0 spiro atoms. The van der Waals surface area contributed by atoms with Crippen molar-refractivity contribution >= 4 is 11.5 Å². The van der Waals surface area contributed by atoms with E-state index in [1.54, 1.807) is 6.20 Å². The summed E-state index contributed by atoms with van der Waals surface area (Å²) in [5.74, 6) is 0.642. The zero-order valence-corrected chi connectivity index (χ0v) is 10.2. The van der Waals surface area contributed by atoms with E-state index in [1.807, 2.05) is 33.8 Å². The molecule has 0 saturated heterocycles. The normalized spacial score (nSPS) is 10.3.